The van der Waals surface area contributed by atoms with E-state index in [4.69, 9.17) is 9.47 Å². The van der Waals surface area contributed by atoms with Crippen LogP contribution in [0.2, 0.25) is 0 Å². The van der Waals surface area contributed by atoms with Gasteiger partial charge in [-0.2, -0.15) is 0 Å². The van der Waals surface area contributed by atoms with E-state index >= 15 is 0 Å². The molecule has 0 saturated carbocycles. The molecule has 0 N–H and O–H groups in total. The molecule has 3 aromatic carbocycles. The van der Waals surface area contributed by atoms with Crippen LogP contribution in [0.15, 0.2) is 84.9 Å². The zero-order chi connectivity index (χ0) is 20.6. The molecule has 150 valence electrons. The number of carbonyl (C=O) groups excluding carboxylic acids is 1. The van der Waals surface area contributed by atoms with Crippen LogP contribution >= 0.6 is 0 Å². The molecule has 2 atom stereocenters. The normalized spacial score (nSPS) is 22.8. The first-order valence-electron chi connectivity index (χ1n) is 10.2. The van der Waals surface area contributed by atoms with Crippen molar-refractivity contribution in [2.45, 2.75) is 18.2 Å². The number of benzene rings is 3. The molecule has 2 heterocycles. The molecule has 1 fully saturated rings. The summed E-state index contributed by atoms with van der Waals surface area (Å²) in [5, 5.41) is 0. The fraction of sp³-hybridized carbons (Fsp3) is 0.192. The molecule has 0 spiro atoms. The van der Waals surface area contributed by atoms with Crippen LogP contribution in [0.4, 0.5) is 0 Å². The maximum Gasteiger partial charge on any atom is 0.257 e. The first-order chi connectivity index (χ1) is 14.7. The Kier molecular flexibility index (Phi) is 4.64. The van der Waals surface area contributed by atoms with Gasteiger partial charge >= 0.3 is 0 Å². The van der Waals surface area contributed by atoms with Crippen LogP contribution in [0, 0.1) is 0 Å². The Morgan fingerprint density at radius 3 is 2.67 bits per heavy atom. The Morgan fingerprint density at radius 1 is 1.03 bits per heavy atom. The number of fused-ring (bicyclic) bond motifs is 3. The van der Waals surface area contributed by atoms with E-state index < -0.39 is 5.72 Å². The van der Waals surface area contributed by atoms with Crippen LogP contribution in [-0.2, 0) is 10.5 Å². The molecule has 1 amide bonds. The molecule has 0 aromatic heterocycles. The van der Waals surface area contributed by atoms with E-state index in [0.29, 0.717) is 12.1 Å². The molecular formula is C26H23NO3. The molecule has 0 bridgehead atoms. The van der Waals surface area contributed by atoms with Gasteiger partial charge in [0, 0.05) is 17.7 Å². The van der Waals surface area contributed by atoms with Crippen LogP contribution in [0.3, 0.4) is 0 Å². The summed E-state index contributed by atoms with van der Waals surface area (Å²) in [7, 11) is 1.66. The molecule has 2 aliphatic heterocycles. The van der Waals surface area contributed by atoms with Gasteiger partial charge in [-0.1, -0.05) is 66.7 Å². The summed E-state index contributed by atoms with van der Waals surface area (Å²) in [4.78, 5) is 15.0. The largest absolute Gasteiger partial charge is 0.497 e. The number of rotatable bonds is 4. The number of nitrogens with zero attached hydrogens (tertiary/aromatic N) is 1. The van der Waals surface area contributed by atoms with Crippen LogP contribution in [0.1, 0.15) is 39.6 Å². The van der Waals surface area contributed by atoms with Crippen molar-refractivity contribution in [3.63, 3.8) is 0 Å². The Morgan fingerprint density at radius 2 is 1.83 bits per heavy atom. The molecule has 30 heavy (non-hydrogen) atoms. The summed E-state index contributed by atoms with van der Waals surface area (Å²) in [5.41, 5.74) is 2.81. The number of ether oxygens (including phenoxy) is 2. The number of hydrogen-bond donors (Lipinski definition) is 0. The second kappa shape index (κ2) is 7.47. The topological polar surface area (TPSA) is 38.8 Å². The van der Waals surface area contributed by atoms with Gasteiger partial charge in [-0.05, 0) is 41.8 Å². The number of hydrogen-bond acceptors (Lipinski definition) is 3. The van der Waals surface area contributed by atoms with Crippen molar-refractivity contribution in [2.75, 3.05) is 13.7 Å². The lowest BCUT2D eigenvalue weighted by Gasteiger charge is -2.44. The smallest absolute Gasteiger partial charge is 0.257 e. The fourth-order valence-electron chi connectivity index (χ4n) is 4.42. The summed E-state index contributed by atoms with van der Waals surface area (Å²) < 4.78 is 12.1. The maximum absolute atomic E-state index is 13.2. The molecule has 0 radical (unpaired) electrons. The monoisotopic (exact) mass is 397 g/mol. The molecule has 4 heteroatoms. The second-order valence-electron chi connectivity index (χ2n) is 7.61. The van der Waals surface area contributed by atoms with E-state index in [1.54, 1.807) is 7.11 Å². The van der Waals surface area contributed by atoms with Crippen LogP contribution in [-0.4, -0.2) is 24.5 Å². The highest BCUT2D eigenvalue weighted by Crippen LogP contribution is 2.48. The molecule has 4 nitrogen and oxygen atoms in total. The van der Waals surface area contributed by atoms with Gasteiger partial charge in [-0.15, -0.1) is 0 Å². The van der Waals surface area contributed by atoms with Gasteiger partial charge < -0.3 is 14.4 Å². The Labute approximate surface area is 176 Å². The Hall–Kier alpha value is -3.37. The van der Waals surface area contributed by atoms with Crippen molar-refractivity contribution in [1.82, 2.24) is 4.90 Å². The van der Waals surface area contributed by atoms with Gasteiger partial charge in [-0.25, -0.2) is 0 Å². The molecule has 0 unspecified atom stereocenters. The van der Waals surface area contributed by atoms with Crippen molar-refractivity contribution >= 4 is 12.0 Å². The van der Waals surface area contributed by atoms with Crippen molar-refractivity contribution in [1.29, 1.82) is 0 Å². The molecule has 2 aliphatic rings. The minimum Gasteiger partial charge on any atom is -0.497 e. The van der Waals surface area contributed by atoms with E-state index in [2.05, 4.69) is 12.1 Å². The van der Waals surface area contributed by atoms with Gasteiger partial charge in [0.2, 0.25) is 0 Å². The SMILES string of the molecule is COc1cccc(/C=C/[C@]23O[C@H](c4ccccc4)CCN2C(=O)c2ccccc23)c1. The van der Waals surface area contributed by atoms with Crippen molar-refractivity contribution < 1.29 is 14.3 Å². The summed E-state index contributed by atoms with van der Waals surface area (Å²) in [6, 6.07) is 25.8. The number of methoxy groups -OCH3 is 1. The number of carbonyl (C=O) groups is 1. The van der Waals surface area contributed by atoms with Gasteiger partial charge in [0.05, 0.1) is 13.2 Å². The minimum absolute atomic E-state index is 0.0207. The predicted octanol–water partition coefficient (Wildman–Crippen LogP) is 5.18. The van der Waals surface area contributed by atoms with E-state index in [1.165, 1.54) is 0 Å². The lowest BCUT2D eigenvalue weighted by atomic mass is 9.96. The zero-order valence-electron chi connectivity index (χ0n) is 16.8. The van der Waals surface area contributed by atoms with Crippen molar-refractivity contribution in [3.8, 4) is 5.75 Å². The van der Waals surface area contributed by atoms with Gasteiger partial charge in [0.25, 0.3) is 5.91 Å². The highest BCUT2D eigenvalue weighted by molar-refractivity contribution is 6.00. The molecule has 0 aliphatic carbocycles. The first-order valence-corrected chi connectivity index (χ1v) is 10.2. The summed E-state index contributed by atoms with van der Waals surface area (Å²) in [5.74, 6) is 0.813. The molecular weight excluding hydrogens is 374 g/mol. The average molecular weight is 397 g/mol. The minimum atomic E-state index is -0.921. The lowest BCUT2D eigenvalue weighted by Crippen LogP contribution is -2.49. The van der Waals surface area contributed by atoms with Crippen LogP contribution in [0.25, 0.3) is 6.08 Å². The standard InChI is InChI=1S/C26H23NO3/c1-29-21-11-7-8-19(18-21)14-16-26-23-13-6-5-12-22(23)25(28)27(26)17-15-24(30-26)20-9-3-2-4-10-20/h2-14,16,18,24H,15,17H2,1H3/b16-14+/t24-,26+/m0/s1. The quantitative estimate of drug-likeness (QED) is 0.609. The summed E-state index contributed by atoms with van der Waals surface area (Å²) >= 11 is 0. The Bertz CT molecular complexity index is 1110. The third-order valence-electron chi connectivity index (χ3n) is 5.89. The van der Waals surface area contributed by atoms with E-state index in [0.717, 1.165) is 28.9 Å². The first kappa shape index (κ1) is 18.6. The van der Waals surface area contributed by atoms with Gasteiger partial charge in [0.15, 0.2) is 5.72 Å². The van der Waals surface area contributed by atoms with Crippen molar-refractivity contribution in [2.24, 2.45) is 0 Å². The molecule has 3 aromatic rings. The van der Waals surface area contributed by atoms with Gasteiger partial charge in [-0.3, -0.25) is 4.79 Å². The van der Waals surface area contributed by atoms with E-state index in [9.17, 15) is 4.79 Å². The predicted molar refractivity (Wildman–Crippen MR) is 116 cm³/mol. The van der Waals surface area contributed by atoms with E-state index in [-0.39, 0.29) is 12.0 Å². The third kappa shape index (κ3) is 3.01. The highest BCUT2D eigenvalue weighted by Gasteiger charge is 2.52. The van der Waals surface area contributed by atoms with Crippen LogP contribution in [0.5, 0.6) is 5.75 Å². The third-order valence-corrected chi connectivity index (χ3v) is 5.89. The highest BCUT2D eigenvalue weighted by atomic mass is 16.5. The molecule has 5 rings (SSSR count). The molecule has 1 saturated heterocycles. The Balaban J connectivity index is 1.60. The average Bonchev–Trinajstić information content (AvgIpc) is 3.07. The number of amides is 1. The van der Waals surface area contributed by atoms with Crippen LogP contribution < -0.4 is 4.74 Å². The lowest BCUT2D eigenvalue weighted by molar-refractivity contribution is -0.175. The van der Waals surface area contributed by atoms with Crippen molar-refractivity contribution in [3.05, 3.63) is 107 Å². The summed E-state index contributed by atoms with van der Waals surface area (Å²) in [6.07, 6.45) is 4.70. The van der Waals surface area contributed by atoms with Gasteiger partial charge in [0.1, 0.15) is 5.75 Å². The summed E-state index contributed by atoms with van der Waals surface area (Å²) in [6.45, 7) is 0.634. The van der Waals surface area contributed by atoms with E-state index in [1.807, 2.05) is 83.8 Å². The fourth-order valence-corrected chi connectivity index (χ4v) is 4.42. The maximum atomic E-state index is 13.2. The second-order valence-corrected chi connectivity index (χ2v) is 7.61. The zero-order valence-corrected chi connectivity index (χ0v) is 16.8.